The van der Waals surface area contributed by atoms with Gasteiger partial charge in [0.2, 0.25) is 0 Å². The fraction of sp³-hybridized carbons (Fsp3) is 0.305. The van der Waals surface area contributed by atoms with E-state index in [1.807, 2.05) is 95.3 Å². The van der Waals surface area contributed by atoms with E-state index in [4.69, 9.17) is 23.7 Å². The van der Waals surface area contributed by atoms with Crippen LogP contribution >= 0.6 is 0 Å². The zero-order valence-electron chi connectivity index (χ0n) is 41.3. The molecule has 8 nitrogen and oxygen atoms in total. The van der Waals surface area contributed by atoms with Gasteiger partial charge < -0.3 is 29.0 Å². The Morgan fingerprint density at radius 1 is 0.638 bits per heavy atom. The van der Waals surface area contributed by atoms with E-state index >= 15 is 0 Å². The molecule has 0 spiro atoms. The van der Waals surface area contributed by atoms with Crippen molar-refractivity contribution in [1.82, 2.24) is 0 Å². The maximum atomic E-state index is 13.7. The number of rotatable bonds is 6. The molecule has 0 aliphatic carbocycles. The summed E-state index contributed by atoms with van der Waals surface area (Å²) in [6, 6.07) is 33.2. The first-order valence-corrected chi connectivity index (χ1v) is 23.5. The van der Waals surface area contributed by atoms with E-state index < -0.39 is 17.2 Å². The van der Waals surface area contributed by atoms with Crippen molar-refractivity contribution < 1.29 is 37.3 Å². The lowest BCUT2D eigenvalue weighted by Crippen LogP contribution is -2.51. The van der Waals surface area contributed by atoms with Crippen molar-refractivity contribution in [3.8, 4) is 45.3 Å². The van der Waals surface area contributed by atoms with E-state index in [-0.39, 0.29) is 29.4 Å². The van der Waals surface area contributed by atoms with Gasteiger partial charge in [-0.3, -0.25) is 4.90 Å². The van der Waals surface area contributed by atoms with E-state index in [0.717, 1.165) is 84.3 Å². The summed E-state index contributed by atoms with van der Waals surface area (Å²) in [6.45, 7) is 18.2. The monoisotopic (exact) mass is 930 g/mol. The summed E-state index contributed by atoms with van der Waals surface area (Å²) in [5.41, 5.74) is 13.0. The Morgan fingerprint density at radius 3 is 1.61 bits per heavy atom. The highest BCUT2D eigenvalue weighted by Crippen LogP contribution is 2.55. The molecule has 0 bridgehead atoms. The van der Waals surface area contributed by atoms with Gasteiger partial charge in [0.05, 0.1) is 42.1 Å². The number of nitrogens with one attached hydrogen (secondary N) is 1. The number of carbonyl (C=O) groups excluding carboxylic acids is 1. The van der Waals surface area contributed by atoms with Crippen LogP contribution in [-0.4, -0.2) is 37.0 Å². The molecular formula is C59H60F2N2O6. The number of halogens is 2. The van der Waals surface area contributed by atoms with Crippen molar-refractivity contribution in [3.05, 3.63) is 166 Å². The van der Waals surface area contributed by atoms with Crippen LogP contribution in [0.5, 0.6) is 23.0 Å². The third-order valence-electron chi connectivity index (χ3n) is 13.1. The molecule has 356 valence electrons. The molecule has 6 aromatic carbocycles. The van der Waals surface area contributed by atoms with Crippen LogP contribution in [0.15, 0.2) is 121 Å². The molecule has 2 atom stereocenters. The van der Waals surface area contributed by atoms with E-state index in [0.29, 0.717) is 18.6 Å². The first kappa shape index (κ1) is 47.0. The Kier molecular flexibility index (Phi) is 12.1. The largest absolute Gasteiger partial charge is 0.496 e. The molecule has 69 heavy (non-hydrogen) atoms. The first-order chi connectivity index (χ1) is 32.8. The normalized spacial score (nSPS) is 17.7. The Hall–Kier alpha value is -7.07. The summed E-state index contributed by atoms with van der Waals surface area (Å²) in [6.07, 6.45) is 4.59. The molecule has 10 rings (SSSR count). The second kappa shape index (κ2) is 17.8. The second-order valence-corrected chi connectivity index (χ2v) is 20.4. The number of nitrogens with zero attached hydrogens (tertiary/aromatic N) is 1. The summed E-state index contributed by atoms with van der Waals surface area (Å²) in [5, 5.41) is 3.65. The van der Waals surface area contributed by atoms with Crippen molar-refractivity contribution in [2.24, 2.45) is 0 Å². The van der Waals surface area contributed by atoms with E-state index in [9.17, 15) is 13.6 Å². The topological polar surface area (TPSA) is 78.5 Å². The maximum Gasteiger partial charge on any atom is 0.415 e. The Balaban J connectivity index is 0.000000175. The second-order valence-electron chi connectivity index (χ2n) is 20.4. The fourth-order valence-corrected chi connectivity index (χ4v) is 10.5. The lowest BCUT2D eigenvalue weighted by molar-refractivity contribution is 0.0555. The van der Waals surface area contributed by atoms with Crippen LogP contribution < -0.4 is 29.2 Å². The number of fused-ring (bicyclic) bond motifs is 10. The standard InChI is InChI=1S/C32H34FNO4.C27H26FNO2/c1-19-18-32(5,6)34(30(35)38-31(2,3)4)23-16-15-22-28-24(36-7)9-8-10-25(28)37-26(29(22)27(19)23)17-20-11-13-21(33)14-12-20;1-16-15-27(2,3)29-20-13-12-19-25-21(30-4)6-5-7-22(25)31-23(26(19)24(16)20)14-17-8-10-18(28)11-9-17/h8-16,18,26H,17H2,1-7H3;5-13,15,23,29H,14H2,1-4H3. The number of methoxy groups -OCH3 is 2. The highest BCUT2D eigenvalue weighted by molar-refractivity contribution is 6.00. The first-order valence-electron chi connectivity index (χ1n) is 23.5. The van der Waals surface area contributed by atoms with E-state index in [2.05, 4.69) is 57.3 Å². The van der Waals surface area contributed by atoms with E-state index in [1.54, 1.807) is 31.3 Å². The van der Waals surface area contributed by atoms with Gasteiger partial charge >= 0.3 is 6.09 Å². The zero-order chi connectivity index (χ0) is 49.2. The van der Waals surface area contributed by atoms with Gasteiger partial charge in [-0.05, 0) is 156 Å². The van der Waals surface area contributed by atoms with Gasteiger partial charge in [0, 0.05) is 40.8 Å². The number of hydrogen-bond donors (Lipinski definition) is 1. The van der Waals surface area contributed by atoms with Crippen molar-refractivity contribution in [3.63, 3.8) is 0 Å². The Bertz CT molecular complexity index is 3040. The molecule has 6 aromatic rings. The van der Waals surface area contributed by atoms with Crippen molar-refractivity contribution in [2.45, 2.75) is 104 Å². The summed E-state index contributed by atoms with van der Waals surface area (Å²) < 4.78 is 57.6. The third-order valence-corrected chi connectivity index (χ3v) is 13.1. The number of carbonyl (C=O) groups is 1. The lowest BCUT2D eigenvalue weighted by Gasteiger charge is -2.43. The van der Waals surface area contributed by atoms with Crippen LogP contribution in [-0.2, 0) is 17.6 Å². The van der Waals surface area contributed by atoms with Crippen LogP contribution in [0, 0.1) is 11.6 Å². The number of hydrogen-bond acceptors (Lipinski definition) is 7. The average Bonchev–Trinajstić information content (AvgIpc) is 3.28. The van der Waals surface area contributed by atoms with Crippen LogP contribution in [0.2, 0.25) is 0 Å². The molecule has 0 saturated heterocycles. The van der Waals surface area contributed by atoms with Gasteiger partial charge in [-0.2, -0.15) is 0 Å². The smallest absolute Gasteiger partial charge is 0.415 e. The summed E-state index contributed by atoms with van der Waals surface area (Å²) in [5.74, 6) is 2.54. The molecule has 0 saturated carbocycles. The zero-order valence-corrected chi connectivity index (χ0v) is 41.3. The summed E-state index contributed by atoms with van der Waals surface area (Å²) in [4.78, 5) is 15.3. The molecule has 4 aliphatic rings. The SMILES string of the molecule is COc1cccc2c1-c1ccc3c(c1C(Cc1ccc(F)cc1)O2)C(C)=CC(C)(C)N3.COc1cccc2c1-c1ccc3c(c1C(Cc1ccc(F)cc1)O2)C(C)=CC(C)(C)N3C(=O)OC(C)(C)C. The van der Waals surface area contributed by atoms with E-state index in [1.165, 1.54) is 35.4 Å². The van der Waals surface area contributed by atoms with Crippen LogP contribution in [0.4, 0.5) is 25.0 Å². The van der Waals surface area contributed by atoms with Crippen molar-refractivity contribution in [1.29, 1.82) is 0 Å². The fourth-order valence-electron chi connectivity index (χ4n) is 10.5. The van der Waals surface area contributed by atoms with Crippen LogP contribution in [0.25, 0.3) is 33.4 Å². The van der Waals surface area contributed by atoms with Crippen molar-refractivity contribution in [2.75, 3.05) is 24.4 Å². The molecule has 0 fully saturated rings. The van der Waals surface area contributed by atoms with Gasteiger partial charge in [-0.15, -0.1) is 0 Å². The summed E-state index contributed by atoms with van der Waals surface area (Å²) in [7, 11) is 3.34. The molecular weight excluding hydrogens is 871 g/mol. The molecule has 1 amide bonds. The van der Waals surface area contributed by atoms with Gasteiger partial charge in [0.1, 0.15) is 52.4 Å². The average molecular weight is 931 g/mol. The quantitative estimate of drug-likeness (QED) is 0.178. The molecule has 0 radical (unpaired) electrons. The predicted molar refractivity (Wildman–Crippen MR) is 272 cm³/mol. The number of ether oxygens (including phenoxy) is 5. The predicted octanol–water partition coefficient (Wildman–Crippen LogP) is 14.9. The lowest BCUT2D eigenvalue weighted by atomic mass is 9.79. The van der Waals surface area contributed by atoms with Crippen LogP contribution in [0.3, 0.4) is 0 Å². The van der Waals surface area contributed by atoms with Gasteiger partial charge in [0.15, 0.2) is 0 Å². The molecule has 4 aliphatic heterocycles. The summed E-state index contributed by atoms with van der Waals surface area (Å²) >= 11 is 0. The highest BCUT2D eigenvalue weighted by atomic mass is 19.1. The number of amides is 1. The van der Waals surface area contributed by atoms with Gasteiger partial charge in [-0.25, -0.2) is 13.6 Å². The Morgan fingerprint density at radius 2 is 1.12 bits per heavy atom. The molecule has 1 N–H and O–H groups in total. The Labute approximate surface area is 404 Å². The minimum atomic E-state index is -0.641. The van der Waals surface area contributed by atoms with Gasteiger partial charge in [0.25, 0.3) is 0 Å². The van der Waals surface area contributed by atoms with Crippen LogP contribution in [0.1, 0.15) is 108 Å². The number of allylic oxidation sites excluding steroid dienone is 2. The third kappa shape index (κ3) is 9.05. The minimum Gasteiger partial charge on any atom is -0.496 e. The van der Waals surface area contributed by atoms with Gasteiger partial charge in [-0.1, -0.05) is 60.7 Å². The highest BCUT2D eigenvalue weighted by Gasteiger charge is 2.42. The molecule has 0 aromatic heterocycles. The minimum absolute atomic E-state index is 0.122. The maximum absolute atomic E-state index is 13.7. The number of benzene rings is 6. The van der Waals surface area contributed by atoms with Crippen molar-refractivity contribution >= 4 is 28.6 Å². The molecule has 2 unspecified atom stereocenters. The molecule has 4 heterocycles. The number of anilines is 2. The molecule has 10 heteroatoms.